The molecule has 0 amide bonds. The van der Waals surface area contributed by atoms with Gasteiger partial charge >= 0.3 is 86.7 Å². The molecule has 0 aromatic heterocycles. The van der Waals surface area contributed by atoms with Gasteiger partial charge in [0.25, 0.3) is 0 Å². The van der Waals surface area contributed by atoms with Crippen molar-refractivity contribution in [2.75, 3.05) is 0 Å². The summed E-state index contributed by atoms with van der Waals surface area (Å²) in [5.74, 6) is -2.59. The van der Waals surface area contributed by atoms with E-state index in [2.05, 4.69) is 13.4 Å². The number of rotatable bonds is 4. The number of carbonyl (C=O) groups excluding carboxylic acids is 2. The molecule has 0 radical (unpaired) electrons. The minimum Gasteiger partial charge on any atom is -0.746 e. The summed E-state index contributed by atoms with van der Waals surface area (Å²) >= 11 is 0. The number of phosphoric ester groups is 2. The predicted octanol–water partition coefficient (Wildman–Crippen LogP) is -6.93. The van der Waals surface area contributed by atoms with E-state index in [1.165, 1.54) is 0 Å². The quantitative estimate of drug-likeness (QED) is 0.365. The van der Waals surface area contributed by atoms with E-state index in [-0.39, 0.29) is 59.1 Å². The van der Waals surface area contributed by atoms with Gasteiger partial charge in [-0.1, -0.05) is 0 Å². The van der Waals surface area contributed by atoms with Crippen molar-refractivity contribution in [2.45, 2.75) is 13.8 Å². The summed E-state index contributed by atoms with van der Waals surface area (Å²) in [5.41, 5.74) is 0. The molecule has 0 aliphatic rings. The molecule has 13 heteroatoms. The van der Waals surface area contributed by atoms with Crippen molar-refractivity contribution >= 4 is 27.6 Å². The van der Waals surface area contributed by atoms with E-state index in [4.69, 9.17) is 0 Å². The summed E-state index contributed by atoms with van der Waals surface area (Å²) in [7, 11) is -10.8. The Morgan fingerprint density at radius 2 is 1.12 bits per heavy atom. The van der Waals surface area contributed by atoms with Crippen LogP contribution < -0.4 is 68.9 Å². The van der Waals surface area contributed by atoms with Gasteiger partial charge < -0.3 is 18.8 Å². The van der Waals surface area contributed by atoms with Crippen LogP contribution >= 0.6 is 15.6 Å². The van der Waals surface area contributed by atoms with E-state index in [1.54, 1.807) is 0 Å². The molecule has 0 aromatic rings. The first kappa shape index (κ1) is 23.4. The maximum atomic E-state index is 10.6. The Balaban J connectivity index is -0.000000980. The first-order valence-electron chi connectivity index (χ1n) is 3.28. The van der Waals surface area contributed by atoms with Crippen molar-refractivity contribution in [3.63, 3.8) is 0 Å². The van der Waals surface area contributed by atoms with Crippen LogP contribution in [0.25, 0.3) is 0 Å². The predicted molar refractivity (Wildman–Crippen MR) is 39.8 cm³/mol. The third-order valence-corrected chi connectivity index (χ3v) is 3.24. The molecular formula is C4H6Na2O9P2. The molecule has 2 unspecified atom stereocenters. The molecule has 0 aliphatic heterocycles. The van der Waals surface area contributed by atoms with Gasteiger partial charge in [-0.15, -0.1) is 0 Å². The smallest absolute Gasteiger partial charge is 0.746 e. The zero-order valence-corrected chi connectivity index (χ0v) is 15.4. The molecule has 0 spiro atoms. The molecule has 0 rings (SSSR count). The fraction of sp³-hybridized carbons (Fsp3) is 0.500. The molecule has 0 bridgehead atoms. The van der Waals surface area contributed by atoms with E-state index < -0.39 is 27.6 Å². The van der Waals surface area contributed by atoms with Crippen LogP contribution in [0.3, 0.4) is 0 Å². The van der Waals surface area contributed by atoms with Crippen LogP contribution in [0, 0.1) is 0 Å². The third kappa shape index (κ3) is 13.5. The molecule has 0 fully saturated rings. The summed E-state index contributed by atoms with van der Waals surface area (Å²) < 4.78 is 31.7. The number of carbonyl (C=O) groups is 2. The Bertz CT molecular complexity index is 334. The molecule has 0 heterocycles. The van der Waals surface area contributed by atoms with Gasteiger partial charge in [-0.25, -0.2) is 4.31 Å². The normalized spacial score (nSPS) is 16.2. The van der Waals surface area contributed by atoms with Gasteiger partial charge in [0.2, 0.25) is 0 Å². The van der Waals surface area contributed by atoms with Gasteiger partial charge in [-0.2, -0.15) is 0 Å². The number of hydrogen-bond acceptors (Lipinski definition) is 9. The van der Waals surface area contributed by atoms with Gasteiger partial charge in [0.1, 0.15) is 0 Å². The van der Waals surface area contributed by atoms with E-state index in [0.29, 0.717) is 0 Å². The van der Waals surface area contributed by atoms with Crippen molar-refractivity contribution in [2.24, 2.45) is 0 Å². The maximum Gasteiger partial charge on any atom is 1.00 e. The number of hydrogen-bond donors (Lipinski definition) is 0. The van der Waals surface area contributed by atoms with Gasteiger partial charge in [-0.3, -0.25) is 18.7 Å². The van der Waals surface area contributed by atoms with Crippen molar-refractivity contribution < 1.29 is 101 Å². The molecule has 17 heavy (non-hydrogen) atoms. The summed E-state index contributed by atoms with van der Waals surface area (Å²) in [6.07, 6.45) is 0. The summed E-state index contributed by atoms with van der Waals surface area (Å²) in [6.45, 7) is 1.44. The fourth-order valence-electron chi connectivity index (χ4n) is 0.471. The zero-order valence-electron chi connectivity index (χ0n) is 9.57. The van der Waals surface area contributed by atoms with E-state index >= 15 is 0 Å². The van der Waals surface area contributed by atoms with Crippen LogP contribution in [-0.2, 0) is 32.1 Å². The van der Waals surface area contributed by atoms with Crippen molar-refractivity contribution in [3.05, 3.63) is 0 Å². The summed E-state index contributed by atoms with van der Waals surface area (Å²) in [6, 6.07) is 0. The van der Waals surface area contributed by atoms with Crippen LogP contribution in [0.4, 0.5) is 0 Å². The Kier molecular flexibility index (Phi) is 12.7. The molecule has 9 nitrogen and oxygen atoms in total. The van der Waals surface area contributed by atoms with Gasteiger partial charge in [0.05, 0.1) is 0 Å². The maximum absolute atomic E-state index is 10.6. The molecule has 88 valence electrons. The largest absolute Gasteiger partial charge is 1.00 e. The second-order valence-corrected chi connectivity index (χ2v) is 4.95. The molecule has 0 aliphatic carbocycles. The first-order chi connectivity index (χ1) is 6.54. The fourth-order valence-corrected chi connectivity index (χ4v) is 2.35. The topological polar surface area (TPSA) is 142 Å². The zero-order chi connectivity index (χ0) is 12.3. The Labute approximate surface area is 141 Å². The number of phosphoric acid groups is 2. The van der Waals surface area contributed by atoms with E-state index in [0.717, 1.165) is 13.8 Å². The van der Waals surface area contributed by atoms with Crippen LogP contribution in [0.2, 0.25) is 0 Å². The monoisotopic (exact) mass is 306 g/mol. The molecule has 0 saturated carbocycles. The Morgan fingerprint density at radius 3 is 1.29 bits per heavy atom. The van der Waals surface area contributed by atoms with Crippen molar-refractivity contribution in [1.82, 2.24) is 0 Å². The van der Waals surface area contributed by atoms with Crippen LogP contribution in [0.1, 0.15) is 13.8 Å². The molecule has 0 aromatic carbocycles. The van der Waals surface area contributed by atoms with Gasteiger partial charge in [0.15, 0.2) is 0 Å². The second-order valence-electron chi connectivity index (χ2n) is 2.14. The van der Waals surface area contributed by atoms with Gasteiger partial charge in [0, 0.05) is 13.8 Å². The SMILES string of the molecule is CC(=O)OP(=O)([O-])OP(=O)([O-])OC(C)=O.[Na+].[Na+]. The van der Waals surface area contributed by atoms with Crippen molar-refractivity contribution in [1.29, 1.82) is 0 Å². The molecule has 0 saturated heterocycles. The minimum atomic E-state index is -5.38. The van der Waals surface area contributed by atoms with E-state index in [1.807, 2.05) is 0 Å². The minimum absolute atomic E-state index is 0. The van der Waals surface area contributed by atoms with Crippen LogP contribution in [0.15, 0.2) is 0 Å². The van der Waals surface area contributed by atoms with Crippen molar-refractivity contribution in [3.8, 4) is 0 Å². The Morgan fingerprint density at radius 1 is 0.882 bits per heavy atom. The summed E-state index contributed by atoms with van der Waals surface area (Å²) in [4.78, 5) is 41.7. The van der Waals surface area contributed by atoms with Crippen LogP contribution in [0.5, 0.6) is 0 Å². The van der Waals surface area contributed by atoms with E-state index in [9.17, 15) is 28.5 Å². The molecule has 0 N–H and O–H groups in total. The second kappa shape index (κ2) is 9.23. The molecule has 2 atom stereocenters. The molecular weight excluding hydrogens is 300 g/mol. The standard InChI is InChI=1S/C4H8O9P2.2Na/c1-3(5)11-14(7,8)13-15(9,10)12-4(2)6;;/h1-2H3,(H,7,8)(H,9,10);;/q;2*+1/p-2. The Hall–Kier alpha value is 1.28. The summed E-state index contributed by atoms with van der Waals surface area (Å²) in [5, 5.41) is 0. The average Bonchev–Trinajstić information content (AvgIpc) is 1.73. The first-order valence-corrected chi connectivity index (χ1v) is 6.20. The third-order valence-electron chi connectivity index (χ3n) is 0.681. The van der Waals surface area contributed by atoms with Gasteiger partial charge in [-0.05, 0) is 0 Å². The average molecular weight is 306 g/mol. The van der Waals surface area contributed by atoms with Crippen LogP contribution in [-0.4, -0.2) is 11.9 Å².